The molecule has 2 aromatic rings. The monoisotopic (exact) mass is 332 g/mol. The average molecular weight is 332 g/mol. The molecule has 1 heterocycles. The highest BCUT2D eigenvalue weighted by Gasteiger charge is 2.14. The lowest BCUT2D eigenvalue weighted by molar-refractivity contribution is 0.0597. The fraction of sp³-hybridized carbons (Fsp3) is 0.188. The molecule has 0 saturated carbocycles. The van der Waals surface area contributed by atoms with Gasteiger partial charge in [0.05, 0.1) is 19.8 Å². The quantitative estimate of drug-likeness (QED) is 0.649. The Labute approximate surface area is 138 Å². The van der Waals surface area contributed by atoms with E-state index in [1.54, 1.807) is 36.5 Å². The van der Waals surface area contributed by atoms with E-state index in [9.17, 15) is 9.59 Å². The zero-order chi connectivity index (χ0) is 16.8. The lowest BCUT2D eigenvalue weighted by Gasteiger charge is -2.10. The predicted molar refractivity (Wildman–Crippen MR) is 87.1 cm³/mol. The molecule has 1 aromatic heterocycles. The Morgan fingerprint density at radius 2 is 2.00 bits per heavy atom. The maximum atomic E-state index is 12.1. The van der Waals surface area contributed by atoms with Gasteiger partial charge < -0.3 is 19.8 Å². The van der Waals surface area contributed by atoms with Crippen molar-refractivity contribution in [2.75, 3.05) is 14.2 Å². The number of carbonyl (C=O) groups excluding carboxylic acids is 2. The van der Waals surface area contributed by atoms with E-state index >= 15 is 0 Å². The molecule has 7 heteroatoms. The van der Waals surface area contributed by atoms with E-state index in [0.717, 1.165) is 5.56 Å². The number of aromatic nitrogens is 1. The number of benzene rings is 1. The van der Waals surface area contributed by atoms with Crippen molar-refractivity contribution in [3.05, 3.63) is 57.9 Å². The number of esters is 1. The van der Waals surface area contributed by atoms with Crippen LogP contribution in [-0.4, -0.2) is 31.1 Å². The summed E-state index contributed by atoms with van der Waals surface area (Å²) in [7, 11) is 2.77. The van der Waals surface area contributed by atoms with Crippen LogP contribution in [0.1, 0.15) is 26.3 Å². The summed E-state index contributed by atoms with van der Waals surface area (Å²) < 4.78 is 10.2. The lowest BCUT2D eigenvalue weighted by Crippen LogP contribution is -2.23. The van der Waals surface area contributed by atoms with Gasteiger partial charge in [0.15, 0.2) is 0 Å². The normalized spacial score (nSPS) is 10.0. The molecule has 1 amide bonds. The first-order chi connectivity index (χ1) is 11.1. The third-order valence-corrected chi connectivity index (χ3v) is 3.52. The van der Waals surface area contributed by atoms with Crippen molar-refractivity contribution in [1.29, 1.82) is 0 Å². The standard InChI is InChI=1S/C16H16N2O4S/c1-21-13-6-5-10(8-12(13)16(20)22-2)9-18-14(19)11-4-3-7-17-15(11)23/h3-8H,9H2,1-2H3,(H,17,23)(H,18,19). The number of hydrogen-bond acceptors (Lipinski definition) is 5. The Morgan fingerprint density at radius 3 is 2.65 bits per heavy atom. The second kappa shape index (κ2) is 7.55. The second-order valence-electron chi connectivity index (χ2n) is 4.62. The van der Waals surface area contributed by atoms with E-state index in [2.05, 4.69) is 10.3 Å². The summed E-state index contributed by atoms with van der Waals surface area (Å²) >= 11 is 5.07. The van der Waals surface area contributed by atoms with E-state index in [1.807, 2.05) is 0 Å². The molecule has 0 radical (unpaired) electrons. The van der Waals surface area contributed by atoms with E-state index in [1.165, 1.54) is 14.2 Å². The van der Waals surface area contributed by atoms with E-state index in [-0.39, 0.29) is 12.5 Å². The average Bonchev–Trinajstić information content (AvgIpc) is 2.59. The molecule has 2 N–H and O–H groups in total. The number of pyridine rings is 1. The van der Waals surface area contributed by atoms with Gasteiger partial charge in [-0.05, 0) is 29.8 Å². The van der Waals surface area contributed by atoms with Crippen LogP contribution >= 0.6 is 12.2 Å². The van der Waals surface area contributed by atoms with Crippen LogP contribution in [0.3, 0.4) is 0 Å². The summed E-state index contributed by atoms with van der Waals surface area (Å²) in [5, 5.41) is 2.76. The number of methoxy groups -OCH3 is 2. The van der Waals surface area contributed by atoms with Gasteiger partial charge in [0, 0.05) is 12.7 Å². The number of H-pyrrole nitrogens is 1. The first-order valence-corrected chi connectivity index (χ1v) is 7.18. The Hall–Kier alpha value is -2.67. The van der Waals surface area contributed by atoms with Crippen LogP contribution in [0, 0.1) is 4.64 Å². The van der Waals surface area contributed by atoms with E-state index < -0.39 is 5.97 Å². The van der Waals surface area contributed by atoms with Gasteiger partial charge in [-0.1, -0.05) is 18.3 Å². The Kier molecular flexibility index (Phi) is 5.48. The zero-order valence-corrected chi connectivity index (χ0v) is 13.5. The summed E-state index contributed by atoms with van der Waals surface area (Å²) in [6, 6.07) is 8.38. The molecule has 0 saturated heterocycles. The molecule has 0 fully saturated rings. The first-order valence-electron chi connectivity index (χ1n) is 6.78. The van der Waals surface area contributed by atoms with Crippen molar-refractivity contribution in [3.8, 4) is 5.75 Å². The van der Waals surface area contributed by atoms with Crippen LogP contribution in [0.5, 0.6) is 5.75 Å². The third kappa shape index (κ3) is 3.95. The van der Waals surface area contributed by atoms with Crippen LogP contribution in [0.2, 0.25) is 0 Å². The minimum atomic E-state index is -0.500. The molecule has 0 aliphatic rings. The minimum Gasteiger partial charge on any atom is -0.496 e. The fourth-order valence-corrected chi connectivity index (χ4v) is 2.24. The van der Waals surface area contributed by atoms with Crippen molar-refractivity contribution in [1.82, 2.24) is 10.3 Å². The SMILES string of the molecule is COC(=O)c1cc(CNC(=O)c2ccc[nH]c2=S)ccc1OC. The summed E-state index contributed by atoms with van der Waals surface area (Å²) in [6.45, 7) is 0.247. The molecule has 0 spiro atoms. The molecular weight excluding hydrogens is 316 g/mol. The Balaban J connectivity index is 2.15. The lowest BCUT2D eigenvalue weighted by atomic mass is 10.1. The van der Waals surface area contributed by atoms with Gasteiger partial charge in [-0.3, -0.25) is 4.79 Å². The molecular formula is C16H16N2O4S. The summed E-state index contributed by atoms with van der Waals surface area (Å²) in [5.41, 5.74) is 1.44. The van der Waals surface area contributed by atoms with Crippen LogP contribution in [0.15, 0.2) is 36.5 Å². The van der Waals surface area contributed by atoms with Crippen LogP contribution in [-0.2, 0) is 11.3 Å². The first kappa shape index (κ1) is 16.7. The molecule has 0 bridgehead atoms. The van der Waals surface area contributed by atoms with Crippen molar-refractivity contribution in [2.45, 2.75) is 6.54 Å². The van der Waals surface area contributed by atoms with Gasteiger partial charge in [0.25, 0.3) is 5.91 Å². The van der Waals surface area contributed by atoms with Crippen molar-refractivity contribution in [2.24, 2.45) is 0 Å². The maximum absolute atomic E-state index is 12.1. The highest BCUT2D eigenvalue weighted by atomic mass is 32.1. The number of rotatable bonds is 5. The van der Waals surface area contributed by atoms with Gasteiger partial charge >= 0.3 is 5.97 Å². The number of amides is 1. The number of ether oxygens (including phenoxy) is 2. The van der Waals surface area contributed by atoms with Crippen LogP contribution < -0.4 is 10.1 Å². The molecule has 0 atom stereocenters. The summed E-state index contributed by atoms with van der Waals surface area (Å²) in [6.07, 6.45) is 1.66. The number of aromatic amines is 1. The molecule has 2 rings (SSSR count). The number of hydrogen-bond donors (Lipinski definition) is 2. The molecule has 120 valence electrons. The van der Waals surface area contributed by atoms with Crippen molar-refractivity contribution >= 4 is 24.1 Å². The number of nitrogens with one attached hydrogen (secondary N) is 2. The molecule has 0 aliphatic carbocycles. The Bertz CT molecular complexity index is 786. The third-order valence-electron chi connectivity index (χ3n) is 3.19. The molecule has 23 heavy (non-hydrogen) atoms. The van der Waals surface area contributed by atoms with Gasteiger partial charge in [0.1, 0.15) is 16.0 Å². The second-order valence-corrected chi connectivity index (χ2v) is 5.03. The Morgan fingerprint density at radius 1 is 1.22 bits per heavy atom. The highest BCUT2D eigenvalue weighted by molar-refractivity contribution is 7.71. The van der Waals surface area contributed by atoms with E-state index in [4.69, 9.17) is 21.7 Å². The van der Waals surface area contributed by atoms with Gasteiger partial charge in [-0.25, -0.2) is 4.79 Å². The zero-order valence-electron chi connectivity index (χ0n) is 12.7. The smallest absolute Gasteiger partial charge is 0.341 e. The highest BCUT2D eigenvalue weighted by Crippen LogP contribution is 2.20. The summed E-state index contributed by atoms with van der Waals surface area (Å²) in [5.74, 6) is -0.375. The van der Waals surface area contributed by atoms with Crippen LogP contribution in [0.4, 0.5) is 0 Å². The number of carbonyl (C=O) groups is 2. The van der Waals surface area contributed by atoms with Gasteiger partial charge in [-0.15, -0.1) is 0 Å². The van der Waals surface area contributed by atoms with Crippen molar-refractivity contribution in [3.63, 3.8) is 0 Å². The minimum absolute atomic E-state index is 0.247. The van der Waals surface area contributed by atoms with E-state index in [0.29, 0.717) is 21.5 Å². The molecule has 6 nitrogen and oxygen atoms in total. The largest absolute Gasteiger partial charge is 0.496 e. The maximum Gasteiger partial charge on any atom is 0.341 e. The van der Waals surface area contributed by atoms with Crippen LogP contribution in [0.25, 0.3) is 0 Å². The summed E-state index contributed by atoms with van der Waals surface area (Å²) in [4.78, 5) is 26.7. The van der Waals surface area contributed by atoms with Crippen molar-refractivity contribution < 1.29 is 19.1 Å². The van der Waals surface area contributed by atoms with Gasteiger partial charge in [-0.2, -0.15) is 0 Å². The van der Waals surface area contributed by atoms with Gasteiger partial charge in [0.2, 0.25) is 0 Å². The fourth-order valence-electron chi connectivity index (χ4n) is 2.01. The molecule has 1 aromatic carbocycles. The topological polar surface area (TPSA) is 80.4 Å². The molecule has 0 unspecified atom stereocenters. The molecule has 0 aliphatic heterocycles. The predicted octanol–water partition coefficient (Wildman–Crippen LogP) is 2.47.